The van der Waals surface area contributed by atoms with Crippen molar-refractivity contribution in [1.29, 1.82) is 0 Å². The van der Waals surface area contributed by atoms with Gasteiger partial charge >= 0.3 is 0 Å². The van der Waals surface area contributed by atoms with Crippen LogP contribution in [-0.4, -0.2) is 9.97 Å². The van der Waals surface area contributed by atoms with Gasteiger partial charge in [-0.2, -0.15) is 0 Å². The largest absolute Gasteiger partial charge is 0.340 e. The monoisotopic (exact) mass is 345 g/mol. The Labute approximate surface area is 112 Å². The van der Waals surface area contributed by atoms with Gasteiger partial charge in [0.25, 0.3) is 0 Å². The topological polar surface area (TPSA) is 37.8 Å². The Hall–Kier alpha value is -0.880. The molecule has 0 aliphatic carbocycles. The van der Waals surface area contributed by atoms with E-state index in [9.17, 15) is 0 Å². The Morgan fingerprint density at radius 1 is 1.19 bits per heavy atom. The zero-order valence-corrected chi connectivity index (χ0v) is 11.5. The first kappa shape index (κ1) is 11.6. The average molecular weight is 346 g/mol. The van der Waals surface area contributed by atoms with Crippen LogP contribution in [0.5, 0.6) is 0 Å². The highest BCUT2D eigenvalue weighted by Gasteiger charge is 2.00. The Kier molecular flexibility index (Phi) is 3.60. The fourth-order valence-corrected chi connectivity index (χ4v) is 1.86. The van der Waals surface area contributed by atoms with Gasteiger partial charge in [0.1, 0.15) is 16.8 Å². The highest BCUT2D eigenvalue weighted by molar-refractivity contribution is 14.1. The molecule has 1 N–H and O–H groups in total. The summed E-state index contributed by atoms with van der Waals surface area (Å²) in [5, 5.41) is 3.62. The summed E-state index contributed by atoms with van der Waals surface area (Å²) in [7, 11) is 0. The van der Waals surface area contributed by atoms with Gasteiger partial charge in [0.15, 0.2) is 0 Å². The summed E-state index contributed by atoms with van der Waals surface area (Å²) in [6.07, 6.45) is 0. The summed E-state index contributed by atoms with van der Waals surface area (Å²) in [5.41, 5.74) is 0.981. The Morgan fingerprint density at radius 3 is 2.50 bits per heavy atom. The van der Waals surface area contributed by atoms with Crippen LogP contribution in [0.4, 0.5) is 11.5 Å². The van der Waals surface area contributed by atoms with E-state index in [2.05, 4.69) is 37.9 Å². The molecule has 1 aromatic heterocycles. The van der Waals surface area contributed by atoms with E-state index >= 15 is 0 Å². The summed E-state index contributed by atoms with van der Waals surface area (Å²) in [6, 6.07) is 9.74. The third kappa shape index (κ3) is 3.05. The predicted molar refractivity (Wildman–Crippen MR) is 74.2 cm³/mol. The smallest absolute Gasteiger partial charge is 0.135 e. The van der Waals surface area contributed by atoms with Crippen LogP contribution < -0.4 is 5.32 Å². The standard InChI is InChI=1S/C11H9ClIN3/c1-7-14-10(12)6-11(15-7)16-9-4-2-8(13)3-5-9/h2-6H,1H3,(H,14,15,16). The highest BCUT2D eigenvalue weighted by atomic mass is 127. The van der Waals surface area contributed by atoms with Crippen molar-refractivity contribution >= 4 is 45.7 Å². The maximum atomic E-state index is 5.85. The van der Waals surface area contributed by atoms with Crippen molar-refractivity contribution in [2.24, 2.45) is 0 Å². The van der Waals surface area contributed by atoms with E-state index in [1.807, 2.05) is 31.2 Å². The second kappa shape index (κ2) is 4.97. The molecular formula is C11H9ClIN3. The van der Waals surface area contributed by atoms with E-state index in [0.717, 1.165) is 5.69 Å². The number of aryl methyl sites for hydroxylation is 1. The van der Waals surface area contributed by atoms with Crippen LogP contribution >= 0.6 is 34.2 Å². The number of benzene rings is 1. The molecule has 0 saturated heterocycles. The minimum atomic E-state index is 0.445. The van der Waals surface area contributed by atoms with Crippen molar-refractivity contribution in [3.63, 3.8) is 0 Å². The van der Waals surface area contributed by atoms with Gasteiger partial charge in [-0.25, -0.2) is 9.97 Å². The molecule has 0 fully saturated rings. The maximum absolute atomic E-state index is 5.85. The number of hydrogen-bond donors (Lipinski definition) is 1. The Balaban J connectivity index is 2.23. The van der Waals surface area contributed by atoms with E-state index in [1.165, 1.54) is 3.57 Å². The van der Waals surface area contributed by atoms with E-state index in [1.54, 1.807) is 6.07 Å². The van der Waals surface area contributed by atoms with Crippen LogP contribution in [-0.2, 0) is 0 Å². The molecule has 5 heteroatoms. The zero-order chi connectivity index (χ0) is 11.5. The Morgan fingerprint density at radius 2 is 1.88 bits per heavy atom. The van der Waals surface area contributed by atoms with E-state index < -0.39 is 0 Å². The van der Waals surface area contributed by atoms with Gasteiger partial charge in [-0.05, 0) is 53.8 Å². The predicted octanol–water partition coefficient (Wildman–Crippen LogP) is 3.79. The minimum Gasteiger partial charge on any atom is -0.340 e. The van der Waals surface area contributed by atoms with Gasteiger partial charge in [0.2, 0.25) is 0 Å². The van der Waals surface area contributed by atoms with Crippen molar-refractivity contribution < 1.29 is 0 Å². The van der Waals surface area contributed by atoms with Gasteiger partial charge in [-0.3, -0.25) is 0 Å². The molecule has 1 aromatic carbocycles. The van der Waals surface area contributed by atoms with Crippen molar-refractivity contribution in [1.82, 2.24) is 9.97 Å². The molecule has 2 aromatic rings. The number of hydrogen-bond acceptors (Lipinski definition) is 3. The summed E-state index contributed by atoms with van der Waals surface area (Å²) in [5.74, 6) is 1.36. The molecular weight excluding hydrogens is 336 g/mol. The molecule has 0 bridgehead atoms. The number of nitrogens with zero attached hydrogens (tertiary/aromatic N) is 2. The molecule has 82 valence electrons. The summed E-state index contributed by atoms with van der Waals surface area (Å²) < 4.78 is 1.19. The molecule has 0 radical (unpaired) electrons. The third-order valence-electron chi connectivity index (χ3n) is 1.92. The number of rotatable bonds is 2. The van der Waals surface area contributed by atoms with Crippen molar-refractivity contribution in [3.05, 3.63) is 44.9 Å². The van der Waals surface area contributed by atoms with Crippen molar-refractivity contribution in [2.75, 3.05) is 5.32 Å². The van der Waals surface area contributed by atoms with Crippen LogP contribution in [0.3, 0.4) is 0 Å². The molecule has 0 amide bonds. The lowest BCUT2D eigenvalue weighted by Crippen LogP contribution is -1.97. The van der Waals surface area contributed by atoms with Crippen LogP contribution in [0.15, 0.2) is 30.3 Å². The van der Waals surface area contributed by atoms with Crippen LogP contribution in [0.1, 0.15) is 5.82 Å². The molecule has 0 aliphatic heterocycles. The van der Waals surface area contributed by atoms with E-state index in [-0.39, 0.29) is 0 Å². The van der Waals surface area contributed by atoms with E-state index in [4.69, 9.17) is 11.6 Å². The molecule has 3 nitrogen and oxygen atoms in total. The normalized spacial score (nSPS) is 10.2. The second-order valence-electron chi connectivity index (χ2n) is 3.26. The van der Waals surface area contributed by atoms with Gasteiger partial charge in [-0.1, -0.05) is 11.6 Å². The highest BCUT2D eigenvalue weighted by Crippen LogP contribution is 2.18. The molecule has 1 heterocycles. The lowest BCUT2D eigenvalue weighted by Gasteiger charge is -2.06. The molecule has 0 unspecified atom stereocenters. The molecule has 16 heavy (non-hydrogen) atoms. The number of nitrogens with one attached hydrogen (secondary N) is 1. The number of halogens is 2. The summed E-state index contributed by atoms with van der Waals surface area (Å²) >= 11 is 8.11. The van der Waals surface area contributed by atoms with Gasteiger partial charge in [-0.15, -0.1) is 0 Å². The SMILES string of the molecule is Cc1nc(Cl)cc(Nc2ccc(I)cc2)n1. The fourth-order valence-electron chi connectivity index (χ4n) is 1.28. The first-order chi connectivity index (χ1) is 7.63. The van der Waals surface area contributed by atoms with Gasteiger partial charge < -0.3 is 5.32 Å². The Bertz CT molecular complexity index is 479. The third-order valence-corrected chi connectivity index (χ3v) is 2.84. The first-order valence-corrected chi connectivity index (χ1v) is 6.13. The molecule has 2 rings (SSSR count). The first-order valence-electron chi connectivity index (χ1n) is 4.67. The van der Waals surface area contributed by atoms with E-state index in [0.29, 0.717) is 16.8 Å². The van der Waals surface area contributed by atoms with Gasteiger partial charge in [0.05, 0.1) is 0 Å². The summed E-state index contributed by atoms with van der Waals surface area (Å²) in [6.45, 7) is 1.81. The molecule has 0 spiro atoms. The summed E-state index contributed by atoms with van der Waals surface area (Å²) in [4.78, 5) is 8.25. The zero-order valence-electron chi connectivity index (χ0n) is 8.54. The fraction of sp³-hybridized carbons (Fsp3) is 0.0909. The minimum absolute atomic E-state index is 0.445. The van der Waals surface area contributed by atoms with Crippen molar-refractivity contribution in [3.8, 4) is 0 Å². The quantitative estimate of drug-likeness (QED) is 0.665. The lowest BCUT2D eigenvalue weighted by atomic mass is 10.3. The molecule has 0 atom stereocenters. The lowest BCUT2D eigenvalue weighted by molar-refractivity contribution is 1.06. The molecule has 0 aliphatic rings. The van der Waals surface area contributed by atoms with Gasteiger partial charge in [0, 0.05) is 15.3 Å². The maximum Gasteiger partial charge on any atom is 0.135 e. The number of aromatic nitrogens is 2. The van der Waals surface area contributed by atoms with Crippen molar-refractivity contribution in [2.45, 2.75) is 6.92 Å². The molecule has 0 saturated carbocycles. The number of anilines is 2. The van der Waals surface area contributed by atoms with Crippen LogP contribution in [0.2, 0.25) is 5.15 Å². The van der Waals surface area contributed by atoms with Crippen LogP contribution in [0, 0.1) is 10.5 Å². The second-order valence-corrected chi connectivity index (χ2v) is 4.89. The van der Waals surface area contributed by atoms with Crippen LogP contribution in [0.25, 0.3) is 0 Å². The average Bonchev–Trinajstić information content (AvgIpc) is 2.20.